The van der Waals surface area contributed by atoms with Gasteiger partial charge in [0.25, 0.3) is 0 Å². The molecule has 0 fully saturated rings. The Bertz CT molecular complexity index is 438. The number of rotatable bonds is 1. The largest absolute Gasteiger partial charge is 0.485 e. The second-order valence-electron chi connectivity index (χ2n) is 4.04. The van der Waals surface area contributed by atoms with E-state index in [2.05, 4.69) is 17.9 Å². The van der Waals surface area contributed by atoms with Gasteiger partial charge in [0.15, 0.2) is 0 Å². The molecule has 2 rings (SSSR count). The van der Waals surface area contributed by atoms with Gasteiger partial charge in [0.05, 0.1) is 23.4 Å². The van der Waals surface area contributed by atoms with Crippen molar-refractivity contribution in [1.29, 1.82) is 5.26 Å². The van der Waals surface area contributed by atoms with Gasteiger partial charge in [-0.2, -0.15) is 5.26 Å². The van der Waals surface area contributed by atoms with E-state index in [9.17, 15) is 0 Å². The van der Waals surface area contributed by atoms with Crippen LogP contribution in [0.3, 0.4) is 0 Å². The SMILES string of the molecule is CC1C(CN)Oc2cc(C#N)ccc2N1C. The second kappa shape index (κ2) is 4.03. The molecule has 2 unspecified atom stereocenters. The van der Waals surface area contributed by atoms with Gasteiger partial charge in [-0.05, 0) is 19.1 Å². The minimum absolute atomic E-state index is 0.0218. The van der Waals surface area contributed by atoms with Crippen molar-refractivity contribution in [3.63, 3.8) is 0 Å². The van der Waals surface area contributed by atoms with E-state index in [1.165, 1.54) is 0 Å². The summed E-state index contributed by atoms with van der Waals surface area (Å²) in [5.41, 5.74) is 7.29. The fourth-order valence-electron chi connectivity index (χ4n) is 1.94. The molecule has 0 saturated heterocycles. The molecule has 84 valence electrons. The zero-order valence-electron chi connectivity index (χ0n) is 9.47. The minimum atomic E-state index is -0.0218. The van der Waals surface area contributed by atoms with Crippen molar-refractivity contribution in [2.24, 2.45) is 5.73 Å². The number of fused-ring (bicyclic) bond motifs is 1. The molecule has 4 nitrogen and oxygen atoms in total. The maximum atomic E-state index is 8.84. The molecule has 1 aliphatic rings. The van der Waals surface area contributed by atoms with Crippen LogP contribution in [0, 0.1) is 11.3 Å². The molecular weight excluding hydrogens is 202 g/mol. The van der Waals surface area contributed by atoms with Crippen LogP contribution in [0.15, 0.2) is 18.2 Å². The highest BCUT2D eigenvalue weighted by atomic mass is 16.5. The number of hydrogen-bond donors (Lipinski definition) is 1. The van der Waals surface area contributed by atoms with E-state index in [0.717, 1.165) is 11.4 Å². The van der Waals surface area contributed by atoms with E-state index < -0.39 is 0 Å². The quantitative estimate of drug-likeness (QED) is 0.765. The Morgan fingerprint density at radius 3 is 2.94 bits per heavy atom. The van der Waals surface area contributed by atoms with Gasteiger partial charge in [0, 0.05) is 19.7 Å². The van der Waals surface area contributed by atoms with Crippen LogP contribution < -0.4 is 15.4 Å². The molecule has 0 saturated carbocycles. The number of anilines is 1. The lowest BCUT2D eigenvalue weighted by atomic mass is 10.1. The van der Waals surface area contributed by atoms with Crippen molar-refractivity contribution in [1.82, 2.24) is 0 Å². The molecule has 0 radical (unpaired) electrons. The molecule has 1 heterocycles. The first-order valence-corrected chi connectivity index (χ1v) is 5.31. The van der Waals surface area contributed by atoms with Crippen LogP contribution in [0.4, 0.5) is 5.69 Å². The van der Waals surface area contributed by atoms with Crippen molar-refractivity contribution in [2.75, 3.05) is 18.5 Å². The third-order valence-corrected chi connectivity index (χ3v) is 3.13. The van der Waals surface area contributed by atoms with Crippen LogP contribution in [0.1, 0.15) is 12.5 Å². The summed E-state index contributed by atoms with van der Waals surface area (Å²) in [6.45, 7) is 2.56. The summed E-state index contributed by atoms with van der Waals surface area (Å²) in [7, 11) is 2.01. The molecular formula is C12H15N3O. The van der Waals surface area contributed by atoms with Crippen molar-refractivity contribution >= 4 is 5.69 Å². The number of nitrogens with zero attached hydrogens (tertiary/aromatic N) is 2. The van der Waals surface area contributed by atoms with Gasteiger partial charge in [0.1, 0.15) is 11.9 Å². The van der Waals surface area contributed by atoms with Crippen LogP contribution in [0.5, 0.6) is 5.75 Å². The Labute approximate surface area is 95.2 Å². The maximum Gasteiger partial charge on any atom is 0.144 e. The summed E-state index contributed by atoms with van der Waals surface area (Å²) in [4.78, 5) is 2.14. The average Bonchev–Trinajstić information content (AvgIpc) is 2.33. The predicted octanol–water partition coefficient (Wildman–Crippen LogP) is 1.10. The summed E-state index contributed by atoms with van der Waals surface area (Å²) >= 11 is 0. The number of nitriles is 1. The molecule has 0 amide bonds. The number of benzene rings is 1. The normalized spacial score (nSPS) is 23.2. The van der Waals surface area contributed by atoms with Gasteiger partial charge in [0.2, 0.25) is 0 Å². The first-order chi connectivity index (χ1) is 7.67. The standard InChI is InChI=1S/C12H15N3O/c1-8-12(7-14)16-11-5-9(6-13)3-4-10(11)15(8)2/h3-5,8,12H,7,14H2,1-2H3. The van der Waals surface area contributed by atoms with Crippen LogP contribution >= 0.6 is 0 Å². The third kappa shape index (κ3) is 1.59. The first kappa shape index (κ1) is 10.8. The van der Waals surface area contributed by atoms with E-state index in [-0.39, 0.29) is 12.1 Å². The Hall–Kier alpha value is -1.73. The second-order valence-corrected chi connectivity index (χ2v) is 4.04. The molecule has 2 N–H and O–H groups in total. The van der Waals surface area contributed by atoms with Crippen LogP contribution in [-0.2, 0) is 0 Å². The first-order valence-electron chi connectivity index (χ1n) is 5.31. The molecule has 2 atom stereocenters. The van der Waals surface area contributed by atoms with Crippen molar-refractivity contribution < 1.29 is 4.74 Å². The van der Waals surface area contributed by atoms with Gasteiger partial charge in [-0.1, -0.05) is 0 Å². The van der Waals surface area contributed by atoms with E-state index in [1.807, 2.05) is 13.1 Å². The van der Waals surface area contributed by atoms with Crippen molar-refractivity contribution in [2.45, 2.75) is 19.1 Å². The summed E-state index contributed by atoms with van der Waals surface area (Å²) < 4.78 is 5.79. The fourth-order valence-corrected chi connectivity index (χ4v) is 1.94. The highest BCUT2D eigenvalue weighted by Crippen LogP contribution is 2.35. The summed E-state index contributed by atoms with van der Waals surface area (Å²) in [6, 6.07) is 7.83. The van der Waals surface area contributed by atoms with Gasteiger partial charge in [-0.3, -0.25) is 0 Å². The number of nitrogens with two attached hydrogens (primary N) is 1. The Balaban J connectivity index is 2.43. The van der Waals surface area contributed by atoms with E-state index in [1.54, 1.807) is 12.1 Å². The summed E-state index contributed by atoms with van der Waals surface area (Å²) in [6.07, 6.45) is -0.0218. The number of hydrogen-bond acceptors (Lipinski definition) is 4. The third-order valence-electron chi connectivity index (χ3n) is 3.13. The highest BCUT2D eigenvalue weighted by molar-refractivity contribution is 5.63. The fraction of sp³-hybridized carbons (Fsp3) is 0.417. The Morgan fingerprint density at radius 2 is 2.31 bits per heavy atom. The topological polar surface area (TPSA) is 62.3 Å². The van der Waals surface area contributed by atoms with Crippen LogP contribution in [0.2, 0.25) is 0 Å². The summed E-state index contributed by atoms with van der Waals surface area (Å²) in [5, 5.41) is 8.84. The smallest absolute Gasteiger partial charge is 0.144 e. The van der Waals surface area contributed by atoms with Crippen LogP contribution in [0.25, 0.3) is 0 Å². The lowest BCUT2D eigenvalue weighted by Crippen LogP contribution is -2.49. The zero-order chi connectivity index (χ0) is 11.7. The molecule has 1 aliphatic heterocycles. The van der Waals surface area contributed by atoms with Crippen molar-refractivity contribution in [3.05, 3.63) is 23.8 Å². The van der Waals surface area contributed by atoms with Crippen LogP contribution in [-0.4, -0.2) is 25.7 Å². The molecule has 4 heteroatoms. The van der Waals surface area contributed by atoms with E-state index >= 15 is 0 Å². The predicted molar refractivity (Wildman–Crippen MR) is 62.5 cm³/mol. The number of ether oxygens (including phenoxy) is 1. The van der Waals surface area contributed by atoms with E-state index in [4.69, 9.17) is 15.7 Å². The van der Waals surface area contributed by atoms with Gasteiger partial charge in [-0.15, -0.1) is 0 Å². The minimum Gasteiger partial charge on any atom is -0.485 e. The maximum absolute atomic E-state index is 8.84. The molecule has 0 bridgehead atoms. The highest BCUT2D eigenvalue weighted by Gasteiger charge is 2.29. The van der Waals surface area contributed by atoms with Gasteiger partial charge in [-0.25, -0.2) is 0 Å². The molecule has 0 spiro atoms. The Kier molecular flexibility index (Phi) is 2.71. The molecule has 1 aromatic rings. The van der Waals surface area contributed by atoms with Gasteiger partial charge >= 0.3 is 0 Å². The summed E-state index contributed by atoms with van der Waals surface area (Å²) in [5.74, 6) is 0.745. The molecule has 0 aliphatic carbocycles. The molecule has 0 aromatic heterocycles. The Morgan fingerprint density at radius 1 is 1.56 bits per heavy atom. The average molecular weight is 217 g/mol. The molecule has 16 heavy (non-hydrogen) atoms. The molecule has 1 aromatic carbocycles. The zero-order valence-corrected chi connectivity index (χ0v) is 9.47. The van der Waals surface area contributed by atoms with Gasteiger partial charge < -0.3 is 15.4 Å². The van der Waals surface area contributed by atoms with E-state index in [0.29, 0.717) is 12.1 Å². The lowest BCUT2D eigenvalue weighted by molar-refractivity contribution is 0.168. The van der Waals surface area contributed by atoms with Crippen molar-refractivity contribution in [3.8, 4) is 11.8 Å². The number of likely N-dealkylation sites (N-methyl/N-ethyl adjacent to an activating group) is 1. The monoisotopic (exact) mass is 217 g/mol. The lowest BCUT2D eigenvalue weighted by Gasteiger charge is -2.39.